The van der Waals surface area contributed by atoms with E-state index in [-0.39, 0.29) is 5.91 Å². The van der Waals surface area contributed by atoms with E-state index in [1.54, 1.807) is 21.3 Å². The number of rotatable bonds is 4. The molecule has 2 N–H and O–H groups in total. The van der Waals surface area contributed by atoms with Crippen LogP contribution in [0.2, 0.25) is 5.02 Å². The van der Waals surface area contributed by atoms with E-state index in [2.05, 4.69) is 6.07 Å². The SMILES string of the molecule is CS(=O)(=O)N1CCc2ccccc2C12CCN(C(=O)C(N)Cc1ccc(Cl)cc1)CC2. The van der Waals surface area contributed by atoms with Crippen LogP contribution in [0.1, 0.15) is 29.5 Å². The molecule has 1 amide bonds. The summed E-state index contributed by atoms with van der Waals surface area (Å²) in [5.41, 5.74) is 8.86. The number of sulfonamides is 1. The Morgan fingerprint density at radius 2 is 1.74 bits per heavy atom. The van der Waals surface area contributed by atoms with Gasteiger partial charge >= 0.3 is 0 Å². The average molecular weight is 462 g/mol. The maximum absolute atomic E-state index is 13.0. The zero-order chi connectivity index (χ0) is 22.2. The standard InChI is InChI=1S/C23H28ClN3O3S/c1-31(29,30)27-13-10-18-4-2-3-5-20(18)23(27)11-14-26(15-12-23)22(28)21(25)16-17-6-8-19(24)9-7-17/h2-9,21H,10-16,25H2,1H3. The number of likely N-dealkylation sites (tertiary alicyclic amines) is 1. The zero-order valence-corrected chi connectivity index (χ0v) is 19.2. The van der Waals surface area contributed by atoms with Crippen molar-refractivity contribution in [3.8, 4) is 0 Å². The minimum absolute atomic E-state index is 0.0974. The highest BCUT2D eigenvalue weighted by molar-refractivity contribution is 7.88. The van der Waals surface area contributed by atoms with Crippen LogP contribution < -0.4 is 5.73 Å². The summed E-state index contributed by atoms with van der Waals surface area (Å²) in [6, 6.07) is 14.8. The van der Waals surface area contributed by atoms with E-state index in [4.69, 9.17) is 17.3 Å². The molecule has 2 aromatic rings. The minimum Gasteiger partial charge on any atom is -0.341 e. The van der Waals surface area contributed by atoms with Crippen molar-refractivity contribution in [2.75, 3.05) is 25.9 Å². The van der Waals surface area contributed by atoms with Gasteiger partial charge in [0.1, 0.15) is 0 Å². The molecule has 1 atom stereocenters. The molecule has 2 heterocycles. The van der Waals surface area contributed by atoms with Crippen molar-refractivity contribution < 1.29 is 13.2 Å². The van der Waals surface area contributed by atoms with Gasteiger partial charge in [0.05, 0.1) is 17.8 Å². The van der Waals surface area contributed by atoms with Crippen LogP contribution in [0.4, 0.5) is 0 Å². The van der Waals surface area contributed by atoms with Crippen molar-refractivity contribution in [2.45, 2.75) is 37.3 Å². The second-order valence-electron chi connectivity index (χ2n) is 8.54. The van der Waals surface area contributed by atoms with Crippen LogP contribution in [-0.4, -0.2) is 55.5 Å². The number of piperidine rings is 1. The molecule has 8 heteroatoms. The Hall–Kier alpha value is -1.93. The third-order valence-corrected chi connectivity index (χ3v) is 8.15. The highest BCUT2D eigenvalue weighted by Crippen LogP contribution is 2.44. The number of hydrogen-bond donors (Lipinski definition) is 1. The van der Waals surface area contributed by atoms with Gasteiger partial charge in [-0.2, -0.15) is 4.31 Å². The number of carbonyl (C=O) groups is 1. The Bertz CT molecular complexity index is 1060. The Kier molecular flexibility index (Phi) is 6.14. The number of halogens is 1. The van der Waals surface area contributed by atoms with Crippen molar-refractivity contribution in [3.63, 3.8) is 0 Å². The molecule has 2 aliphatic rings. The largest absolute Gasteiger partial charge is 0.341 e. The Balaban J connectivity index is 1.52. The number of carbonyl (C=O) groups excluding carboxylic acids is 1. The third kappa shape index (κ3) is 4.37. The second-order valence-corrected chi connectivity index (χ2v) is 10.9. The van der Waals surface area contributed by atoms with Gasteiger partial charge in [0, 0.05) is 24.7 Å². The first-order valence-corrected chi connectivity index (χ1v) is 12.8. The maximum Gasteiger partial charge on any atom is 0.239 e. The fraction of sp³-hybridized carbons (Fsp3) is 0.435. The molecule has 2 aromatic carbocycles. The van der Waals surface area contributed by atoms with Gasteiger partial charge in [-0.1, -0.05) is 48.0 Å². The van der Waals surface area contributed by atoms with Gasteiger partial charge in [-0.05, 0) is 54.5 Å². The number of amides is 1. The normalized spacial score (nSPS) is 19.8. The molecule has 2 aliphatic heterocycles. The molecule has 0 aromatic heterocycles. The molecule has 4 rings (SSSR count). The Morgan fingerprint density at radius 1 is 1.10 bits per heavy atom. The summed E-state index contributed by atoms with van der Waals surface area (Å²) in [5.74, 6) is -0.0974. The van der Waals surface area contributed by atoms with E-state index in [0.29, 0.717) is 50.3 Å². The van der Waals surface area contributed by atoms with Crippen LogP contribution in [0.3, 0.4) is 0 Å². The first-order valence-electron chi connectivity index (χ1n) is 10.6. The summed E-state index contributed by atoms with van der Waals surface area (Å²) < 4.78 is 26.9. The number of hydrogen-bond acceptors (Lipinski definition) is 4. The third-order valence-electron chi connectivity index (χ3n) is 6.57. The van der Waals surface area contributed by atoms with E-state index >= 15 is 0 Å². The summed E-state index contributed by atoms with van der Waals surface area (Å²) in [6.07, 6.45) is 3.56. The first kappa shape index (κ1) is 22.3. The maximum atomic E-state index is 13.0. The summed E-state index contributed by atoms with van der Waals surface area (Å²) >= 11 is 5.93. The molecular weight excluding hydrogens is 434 g/mol. The molecule has 0 bridgehead atoms. The van der Waals surface area contributed by atoms with Crippen molar-refractivity contribution in [1.82, 2.24) is 9.21 Å². The lowest BCUT2D eigenvalue weighted by atomic mass is 9.75. The van der Waals surface area contributed by atoms with E-state index in [0.717, 1.165) is 11.1 Å². The number of fused-ring (bicyclic) bond motifs is 2. The van der Waals surface area contributed by atoms with E-state index in [9.17, 15) is 13.2 Å². The number of benzene rings is 2. The van der Waals surface area contributed by atoms with Crippen LogP contribution in [0.25, 0.3) is 0 Å². The molecule has 31 heavy (non-hydrogen) atoms. The molecule has 0 radical (unpaired) electrons. The van der Waals surface area contributed by atoms with E-state index in [1.165, 1.54) is 11.8 Å². The molecule has 1 spiro atoms. The molecule has 0 aliphatic carbocycles. The Labute approximate surface area is 189 Å². The monoisotopic (exact) mass is 461 g/mol. The molecule has 6 nitrogen and oxygen atoms in total. The van der Waals surface area contributed by atoms with Gasteiger partial charge in [0.25, 0.3) is 0 Å². The molecule has 1 saturated heterocycles. The molecule has 1 unspecified atom stereocenters. The highest BCUT2D eigenvalue weighted by atomic mass is 35.5. The Morgan fingerprint density at radius 3 is 2.39 bits per heavy atom. The van der Waals surface area contributed by atoms with Gasteiger partial charge < -0.3 is 10.6 Å². The van der Waals surface area contributed by atoms with Crippen LogP contribution >= 0.6 is 11.6 Å². The fourth-order valence-electron chi connectivity index (χ4n) is 5.06. The molecule has 0 saturated carbocycles. The summed E-state index contributed by atoms with van der Waals surface area (Å²) in [4.78, 5) is 14.8. The van der Waals surface area contributed by atoms with Crippen molar-refractivity contribution >= 4 is 27.5 Å². The number of nitrogens with zero attached hydrogens (tertiary/aromatic N) is 2. The second kappa shape index (κ2) is 8.54. The number of nitrogens with two attached hydrogens (primary N) is 1. The van der Waals surface area contributed by atoms with Crippen LogP contribution in [0, 0.1) is 0 Å². The van der Waals surface area contributed by atoms with Crippen LogP contribution in [0.5, 0.6) is 0 Å². The predicted molar refractivity (Wildman–Crippen MR) is 122 cm³/mol. The zero-order valence-electron chi connectivity index (χ0n) is 17.6. The summed E-state index contributed by atoms with van der Waals surface area (Å²) in [7, 11) is -3.38. The van der Waals surface area contributed by atoms with E-state index in [1.807, 2.05) is 30.3 Å². The van der Waals surface area contributed by atoms with Gasteiger partial charge in [-0.25, -0.2) is 8.42 Å². The topological polar surface area (TPSA) is 83.7 Å². The average Bonchev–Trinajstić information content (AvgIpc) is 2.75. The van der Waals surface area contributed by atoms with Crippen molar-refractivity contribution in [1.29, 1.82) is 0 Å². The molecular formula is C23H28ClN3O3S. The van der Waals surface area contributed by atoms with Crippen molar-refractivity contribution in [2.24, 2.45) is 5.73 Å². The minimum atomic E-state index is -3.38. The van der Waals surface area contributed by atoms with Crippen LogP contribution in [-0.2, 0) is 33.2 Å². The lowest BCUT2D eigenvalue weighted by molar-refractivity contribution is -0.135. The van der Waals surface area contributed by atoms with Gasteiger partial charge in [0.15, 0.2) is 0 Å². The van der Waals surface area contributed by atoms with Crippen molar-refractivity contribution in [3.05, 3.63) is 70.2 Å². The predicted octanol–water partition coefficient (Wildman–Crippen LogP) is 2.55. The van der Waals surface area contributed by atoms with E-state index < -0.39 is 21.6 Å². The van der Waals surface area contributed by atoms with Crippen LogP contribution in [0.15, 0.2) is 48.5 Å². The van der Waals surface area contributed by atoms with Gasteiger partial charge in [-0.3, -0.25) is 4.79 Å². The lowest BCUT2D eigenvalue weighted by Crippen LogP contribution is -2.59. The molecule has 166 valence electrons. The fourth-order valence-corrected chi connectivity index (χ4v) is 6.52. The quantitative estimate of drug-likeness (QED) is 0.758. The van der Waals surface area contributed by atoms with Gasteiger partial charge in [-0.15, -0.1) is 0 Å². The summed E-state index contributed by atoms with van der Waals surface area (Å²) in [6.45, 7) is 1.43. The smallest absolute Gasteiger partial charge is 0.239 e. The lowest BCUT2D eigenvalue weighted by Gasteiger charge is -2.51. The first-order chi connectivity index (χ1) is 14.7. The van der Waals surface area contributed by atoms with Gasteiger partial charge in [0.2, 0.25) is 15.9 Å². The summed E-state index contributed by atoms with van der Waals surface area (Å²) in [5, 5.41) is 0.646. The highest BCUT2D eigenvalue weighted by Gasteiger charge is 2.49. The molecule has 1 fully saturated rings.